The molecular formula is C22H24N2O2S2. The lowest BCUT2D eigenvalue weighted by atomic mass is 10.1. The second-order valence-corrected chi connectivity index (χ2v) is 9.92. The van der Waals surface area contributed by atoms with Gasteiger partial charge in [-0.1, -0.05) is 24.3 Å². The number of hydrogen-bond acceptors (Lipinski definition) is 4. The average Bonchev–Trinajstić information content (AvgIpc) is 3.59. The van der Waals surface area contributed by atoms with Crippen LogP contribution >= 0.6 is 23.5 Å². The van der Waals surface area contributed by atoms with Crippen LogP contribution in [-0.4, -0.2) is 23.3 Å². The van der Waals surface area contributed by atoms with Crippen LogP contribution in [0.1, 0.15) is 45.3 Å². The highest BCUT2D eigenvalue weighted by atomic mass is 32.2. The topological polar surface area (TPSA) is 58.2 Å². The number of nitrogens with one attached hydrogen (secondary N) is 2. The summed E-state index contributed by atoms with van der Waals surface area (Å²) in [6.45, 7) is 0.464. The summed E-state index contributed by atoms with van der Waals surface area (Å²) in [5.74, 6) is 2.66. The zero-order valence-corrected chi connectivity index (χ0v) is 17.3. The highest BCUT2D eigenvalue weighted by Gasteiger charge is 2.29. The minimum absolute atomic E-state index is 0.0680. The Morgan fingerprint density at radius 2 is 1.61 bits per heavy atom. The van der Waals surface area contributed by atoms with Crippen molar-refractivity contribution in [2.24, 2.45) is 5.92 Å². The maximum absolute atomic E-state index is 12.4. The van der Waals surface area contributed by atoms with E-state index in [0.717, 1.165) is 24.1 Å². The minimum Gasteiger partial charge on any atom is -0.348 e. The van der Waals surface area contributed by atoms with Crippen molar-refractivity contribution >= 4 is 41.0 Å². The number of benzene rings is 2. The van der Waals surface area contributed by atoms with Gasteiger partial charge in [0.05, 0.1) is 4.58 Å². The molecule has 2 aromatic rings. The standard InChI is InChI=1S/C22H24N2O2S2/c25-20(16-6-8-18(9-7-16)22-27-12-1-13-28-22)23-14-15-2-10-19(11-3-15)24-21(26)17-4-5-17/h2-3,6-11,17,22H,1,4-5,12-14H2,(H,23,25)(H,24,26). The van der Waals surface area contributed by atoms with E-state index in [2.05, 4.69) is 22.8 Å². The van der Waals surface area contributed by atoms with Crippen molar-refractivity contribution in [1.29, 1.82) is 0 Å². The first-order chi connectivity index (χ1) is 13.7. The first-order valence-electron chi connectivity index (χ1n) is 9.70. The van der Waals surface area contributed by atoms with Gasteiger partial charge in [0, 0.05) is 23.7 Å². The molecule has 1 heterocycles. The molecule has 0 bridgehead atoms. The van der Waals surface area contributed by atoms with Gasteiger partial charge < -0.3 is 10.6 Å². The summed E-state index contributed by atoms with van der Waals surface area (Å²) in [6.07, 6.45) is 3.27. The lowest BCUT2D eigenvalue weighted by Crippen LogP contribution is -2.22. The summed E-state index contributed by atoms with van der Waals surface area (Å²) >= 11 is 3.97. The van der Waals surface area contributed by atoms with Gasteiger partial charge in [0.2, 0.25) is 5.91 Å². The fourth-order valence-electron chi connectivity index (χ4n) is 3.05. The Kier molecular flexibility index (Phi) is 6.27. The minimum atomic E-state index is -0.0680. The molecule has 4 rings (SSSR count). The van der Waals surface area contributed by atoms with E-state index in [-0.39, 0.29) is 17.7 Å². The second kappa shape index (κ2) is 9.05. The molecule has 2 amide bonds. The van der Waals surface area contributed by atoms with E-state index in [4.69, 9.17) is 0 Å². The fourth-order valence-corrected chi connectivity index (χ4v) is 5.95. The van der Waals surface area contributed by atoms with Crippen molar-refractivity contribution in [2.45, 2.75) is 30.4 Å². The molecule has 0 radical (unpaired) electrons. The summed E-state index contributed by atoms with van der Waals surface area (Å²) in [5.41, 5.74) is 3.78. The Morgan fingerprint density at radius 1 is 0.929 bits per heavy atom. The van der Waals surface area contributed by atoms with Gasteiger partial charge in [-0.2, -0.15) is 0 Å². The molecule has 0 spiro atoms. The molecule has 0 aromatic heterocycles. The Hall–Kier alpha value is -1.92. The number of anilines is 1. The third-order valence-corrected chi connectivity index (χ3v) is 7.91. The molecule has 28 heavy (non-hydrogen) atoms. The first-order valence-corrected chi connectivity index (χ1v) is 11.8. The average molecular weight is 413 g/mol. The van der Waals surface area contributed by atoms with Crippen molar-refractivity contribution in [2.75, 3.05) is 16.8 Å². The van der Waals surface area contributed by atoms with Crippen molar-refractivity contribution < 1.29 is 9.59 Å². The molecule has 146 valence electrons. The van der Waals surface area contributed by atoms with E-state index in [1.807, 2.05) is 59.9 Å². The molecule has 0 atom stereocenters. The van der Waals surface area contributed by atoms with E-state index in [9.17, 15) is 9.59 Å². The highest BCUT2D eigenvalue weighted by molar-refractivity contribution is 8.16. The molecule has 2 aliphatic rings. The smallest absolute Gasteiger partial charge is 0.251 e. The van der Waals surface area contributed by atoms with Gasteiger partial charge in [-0.15, -0.1) is 23.5 Å². The lowest BCUT2D eigenvalue weighted by Gasteiger charge is -2.21. The summed E-state index contributed by atoms with van der Waals surface area (Å²) < 4.78 is 0.491. The van der Waals surface area contributed by atoms with Crippen LogP contribution in [-0.2, 0) is 11.3 Å². The predicted molar refractivity (Wildman–Crippen MR) is 118 cm³/mol. The number of rotatable bonds is 6. The van der Waals surface area contributed by atoms with Gasteiger partial charge in [0.25, 0.3) is 5.91 Å². The van der Waals surface area contributed by atoms with Gasteiger partial charge in [-0.3, -0.25) is 9.59 Å². The number of carbonyl (C=O) groups is 2. The summed E-state index contributed by atoms with van der Waals surface area (Å²) in [7, 11) is 0. The maximum atomic E-state index is 12.4. The Morgan fingerprint density at radius 3 is 2.25 bits per heavy atom. The van der Waals surface area contributed by atoms with E-state index in [1.54, 1.807) is 0 Å². The Bertz CT molecular complexity index is 827. The van der Waals surface area contributed by atoms with Gasteiger partial charge in [0.1, 0.15) is 0 Å². The fraction of sp³-hybridized carbons (Fsp3) is 0.364. The molecule has 2 N–H and O–H groups in total. The number of hydrogen-bond donors (Lipinski definition) is 2. The van der Waals surface area contributed by atoms with Crippen LogP contribution < -0.4 is 10.6 Å². The Balaban J connectivity index is 1.28. The quantitative estimate of drug-likeness (QED) is 0.713. The van der Waals surface area contributed by atoms with Crippen molar-refractivity contribution in [3.8, 4) is 0 Å². The van der Waals surface area contributed by atoms with E-state index in [1.165, 1.54) is 23.5 Å². The van der Waals surface area contributed by atoms with Crippen LogP contribution in [0.25, 0.3) is 0 Å². The van der Waals surface area contributed by atoms with Gasteiger partial charge in [-0.05, 0) is 66.2 Å². The predicted octanol–water partition coefficient (Wildman–Crippen LogP) is 4.83. The van der Waals surface area contributed by atoms with Gasteiger partial charge in [0.15, 0.2) is 0 Å². The highest BCUT2D eigenvalue weighted by Crippen LogP contribution is 2.43. The third-order valence-electron chi connectivity index (χ3n) is 4.89. The van der Waals surface area contributed by atoms with Crippen molar-refractivity contribution in [3.05, 3.63) is 65.2 Å². The van der Waals surface area contributed by atoms with E-state index >= 15 is 0 Å². The molecule has 0 unspecified atom stereocenters. The van der Waals surface area contributed by atoms with Crippen LogP contribution in [0.15, 0.2) is 48.5 Å². The molecule has 2 aromatic carbocycles. The van der Waals surface area contributed by atoms with E-state index < -0.39 is 0 Å². The Labute approximate surface area is 174 Å². The lowest BCUT2D eigenvalue weighted by molar-refractivity contribution is -0.117. The molecule has 2 fully saturated rings. The monoisotopic (exact) mass is 412 g/mol. The summed E-state index contributed by atoms with van der Waals surface area (Å²) in [4.78, 5) is 24.2. The van der Waals surface area contributed by atoms with Crippen LogP contribution in [0.5, 0.6) is 0 Å². The molecule has 4 nitrogen and oxygen atoms in total. The van der Waals surface area contributed by atoms with Gasteiger partial charge in [-0.25, -0.2) is 0 Å². The number of amides is 2. The van der Waals surface area contributed by atoms with Crippen LogP contribution in [0.4, 0.5) is 5.69 Å². The molecule has 6 heteroatoms. The van der Waals surface area contributed by atoms with Crippen LogP contribution in [0.3, 0.4) is 0 Å². The zero-order chi connectivity index (χ0) is 19.3. The largest absolute Gasteiger partial charge is 0.348 e. The summed E-state index contributed by atoms with van der Waals surface area (Å²) in [6, 6.07) is 15.6. The zero-order valence-electron chi connectivity index (χ0n) is 15.6. The van der Waals surface area contributed by atoms with Crippen molar-refractivity contribution in [3.63, 3.8) is 0 Å². The molecular weight excluding hydrogens is 388 g/mol. The van der Waals surface area contributed by atoms with Crippen molar-refractivity contribution in [1.82, 2.24) is 5.32 Å². The number of thioether (sulfide) groups is 2. The third kappa shape index (κ3) is 5.11. The maximum Gasteiger partial charge on any atom is 0.251 e. The second-order valence-electron chi connectivity index (χ2n) is 7.19. The molecule has 1 aliphatic heterocycles. The van der Waals surface area contributed by atoms with Crippen LogP contribution in [0, 0.1) is 5.92 Å². The summed E-state index contributed by atoms with van der Waals surface area (Å²) in [5, 5.41) is 5.89. The van der Waals surface area contributed by atoms with Gasteiger partial charge >= 0.3 is 0 Å². The molecule has 1 aliphatic carbocycles. The van der Waals surface area contributed by atoms with Crippen LogP contribution in [0.2, 0.25) is 0 Å². The van der Waals surface area contributed by atoms with E-state index in [0.29, 0.717) is 16.7 Å². The molecule has 1 saturated heterocycles. The SMILES string of the molecule is O=C(NCc1ccc(NC(=O)C2CC2)cc1)c1ccc(C2SCCCS2)cc1. The first kappa shape index (κ1) is 19.4. The number of carbonyl (C=O) groups excluding carboxylic acids is 2. The molecule has 1 saturated carbocycles. The normalized spacial score (nSPS) is 17.1.